The molecule has 0 aromatic rings. The van der Waals surface area contributed by atoms with E-state index in [1.807, 2.05) is 0 Å². The first-order chi connectivity index (χ1) is 7.80. The molecule has 4 heteroatoms. The molecule has 0 aromatic heterocycles. The van der Waals surface area contributed by atoms with Crippen LogP contribution in [0.2, 0.25) is 0 Å². The zero-order valence-electron chi connectivity index (χ0n) is 9.73. The van der Waals surface area contributed by atoms with Crippen LogP contribution in [0.1, 0.15) is 25.7 Å². The molecule has 3 fully saturated rings. The fraction of sp³-hybridized carbons (Fsp3) is 1.00. The molecule has 16 heavy (non-hydrogen) atoms. The average molecular weight is 227 g/mol. The van der Waals surface area contributed by atoms with Gasteiger partial charge < -0.3 is 14.6 Å². The quantitative estimate of drug-likeness (QED) is 0.703. The lowest BCUT2D eigenvalue weighted by Crippen LogP contribution is -2.53. The number of piperidine rings is 1. The zero-order valence-corrected chi connectivity index (χ0v) is 9.73. The predicted octanol–water partition coefficient (Wildman–Crippen LogP) is 0.391. The molecule has 0 bridgehead atoms. The van der Waals surface area contributed by atoms with Crippen LogP contribution in [-0.2, 0) is 9.47 Å². The van der Waals surface area contributed by atoms with Crippen LogP contribution in [0.25, 0.3) is 0 Å². The van der Waals surface area contributed by atoms with Gasteiger partial charge in [-0.2, -0.15) is 0 Å². The minimum absolute atomic E-state index is 0.0255. The Bertz CT molecular complexity index is 239. The van der Waals surface area contributed by atoms with Gasteiger partial charge in [0.25, 0.3) is 0 Å². The summed E-state index contributed by atoms with van der Waals surface area (Å²) in [6.45, 7) is 4.49. The summed E-state index contributed by atoms with van der Waals surface area (Å²) in [5.74, 6) is 0. The van der Waals surface area contributed by atoms with Crippen LogP contribution in [0, 0.1) is 0 Å². The van der Waals surface area contributed by atoms with Gasteiger partial charge in [0.15, 0.2) is 0 Å². The highest BCUT2D eigenvalue weighted by atomic mass is 16.6. The van der Waals surface area contributed by atoms with Crippen molar-refractivity contribution in [3.8, 4) is 0 Å². The van der Waals surface area contributed by atoms with E-state index in [9.17, 15) is 5.11 Å². The summed E-state index contributed by atoms with van der Waals surface area (Å²) in [5.41, 5.74) is -0.0255. The van der Waals surface area contributed by atoms with Gasteiger partial charge in [-0.15, -0.1) is 0 Å². The molecular weight excluding hydrogens is 206 g/mol. The number of rotatable bonds is 1. The third-order valence-corrected chi connectivity index (χ3v) is 4.34. The topological polar surface area (TPSA) is 41.9 Å². The van der Waals surface area contributed by atoms with Crippen molar-refractivity contribution in [3.05, 3.63) is 0 Å². The maximum absolute atomic E-state index is 9.54. The van der Waals surface area contributed by atoms with E-state index < -0.39 is 0 Å². The third kappa shape index (κ3) is 1.78. The second-order valence-electron chi connectivity index (χ2n) is 5.29. The van der Waals surface area contributed by atoms with Crippen LogP contribution >= 0.6 is 0 Å². The number of aliphatic hydroxyl groups excluding tert-OH is 1. The van der Waals surface area contributed by atoms with Crippen molar-refractivity contribution >= 4 is 0 Å². The predicted molar refractivity (Wildman–Crippen MR) is 59.3 cm³/mol. The minimum atomic E-state index is -0.0886. The summed E-state index contributed by atoms with van der Waals surface area (Å²) in [7, 11) is 0. The Labute approximate surface area is 96.5 Å². The van der Waals surface area contributed by atoms with Crippen molar-refractivity contribution in [1.29, 1.82) is 0 Å². The van der Waals surface area contributed by atoms with E-state index in [2.05, 4.69) is 4.90 Å². The monoisotopic (exact) mass is 227 g/mol. The summed E-state index contributed by atoms with van der Waals surface area (Å²) < 4.78 is 11.5. The van der Waals surface area contributed by atoms with E-state index >= 15 is 0 Å². The van der Waals surface area contributed by atoms with Crippen LogP contribution < -0.4 is 0 Å². The Kier molecular flexibility index (Phi) is 2.92. The second kappa shape index (κ2) is 4.26. The smallest absolute Gasteiger partial charge is 0.109 e. The molecule has 0 amide bonds. The highest BCUT2D eigenvalue weighted by molar-refractivity contribution is 5.01. The van der Waals surface area contributed by atoms with Crippen LogP contribution in [0.4, 0.5) is 0 Å². The average Bonchev–Trinajstić information content (AvgIpc) is 2.91. The van der Waals surface area contributed by atoms with Crippen LogP contribution in [0.5, 0.6) is 0 Å². The molecule has 1 N–H and O–H groups in total. The second-order valence-corrected chi connectivity index (χ2v) is 5.29. The van der Waals surface area contributed by atoms with Crippen LogP contribution in [-0.4, -0.2) is 60.7 Å². The Balaban J connectivity index is 1.69. The van der Waals surface area contributed by atoms with Crippen molar-refractivity contribution in [3.63, 3.8) is 0 Å². The Morgan fingerprint density at radius 3 is 2.62 bits per heavy atom. The highest BCUT2D eigenvalue weighted by Gasteiger charge is 2.49. The van der Waals surface area contributed by atoms with Gasteiger partial charge in [0.05, 0.1) is 12.7 Å². The minimum Gasteiger partial charge on any atom is -0.393 e. The van der Waals surface area contributed by atoms with Crippen molar-refractivity contribution in [2.45, 2.75) is 43.4 Å². The van der Waals surface area contributed by atoms with E-state index in [1.165, 1.54) is 0 Å². The molecule has 4 nitrogen and oxygen atoms in total. The molecule has 3 saturated heterocycles. The third-order valence-electron chi connectivity index (χ3n) is 4.34. The van der Waals surface area contributed by atoms with Crippen molar-refractivity contribution in [1.82, 2.24) is 4.90 Å². The van der Waals surface area contributed by atoms with Crippen molar-refractivity contribution in [2.75, 3.05) is 32.9 Å². The van der Waals surface area contributed by atoms with Crippen molar-refractivity contribution in [2.24, 2.45) is 0 Å². The molecule has 0 saturated carbocycles. The van der Waals surface area contributed by atoms with E-state index in [0.29, 0.717) is 6.04 Å². The number of likely N-dealkylation sites (tertiary alicyclic amines) is 1. The lowest BCUT2D eigenvalue weighted by Gasteiger charge is -2.40. The fourth-order valence-corrected chi connectivity index (χ4v) is 3.38. The van der Waals surface area contributed by atoms with Crippen LogP contribution in [0.3, 0.4) is 0 Å². The maximum Gasteiger partial charge on any atom is 0.109 e. The molecule has 1 spiro atoms. The first-order valence-electron chi connectivity index (χ1n) is 6.44. The number of aliphatic hydroxyl groups is 1. The number of nitrogens with zero attached hydrogens (tertiary/aromatic N) is 1. The van der Waals surface area contributed by atoms with Gasteiger partial charge >= 0.3 is 0 Å². The van der Waals surface area contributed by atoms with E-state index in [4.69, 9.17) is 9.47 Å². The van der Waals surface area contributed by atoms with Gasteiger partial charge in [-0.05, 0) is 19.3 Å². The van der Waals surface area contributed by atoms with E-state index in [-0.39, 0.29) is 11.7 Å². The van der Waals surface area contributed by atoms with Gasteiger partial charge in [-0.1, -0.05) is 0 Å². The van der Waals surface area contributed by atoms with Crippen LogP contribution in [0.15, 0.2) is 0 Å². The first kappa shape index (κ1) is 11.0. The molecule has 0 aromatic carbocycles. The Hall–Kier alpha value is -0.160. The summed E-state index contributed by atoms with van der Waals surface area (Å²) >= 11 is 0. The molecule has 3 rings (SSSR count). The first-order valence-corrected chi connectivity index (χ1v) is 6.44. The summed E-state index contributed by atoms with van der Waals surface area (Å²) in [4.78, 5) is 2.51. The standard InChI is InChI=1S/C12H21NO3/c14-10-1-5-13(6-2-10)11-3-7-16-12(11)4-8-15-9-12/h10-11,14H,1-9H2. The molecule has 92 valence electrons. The summed E-state index contributed by atoms with van der Waals surface area (Å²) in [6, 6.07) is 0.516. The molecule has 2 atom stereocenters. The van der Waals surface area contributed by atoms with Crippen molar-refractivity contribution < 1.29 is 14.6 Å². The molecule has 3 aliphatic heterocycles. The maximum atomic E-state index is 9.54. The molecule has 0 radical (unpaired) electrons. The van der Waals surface area contributed by atoms with Gasteiger partial charge in [0.1, 0.15) is 5.60 Å². The lowest BCUT2D eigenvalue weighted by atomic mass is 9.90. The SMILES string of the molecule is OC1CCN(C2CCOC23CCOC3)CC1. The summed E-state index contributed by atoms with van der Waals surface area (Å²) in [6.07, 6.45) is 3.89. The molecule has 2 unspecified atom stereocenters. The fourth-order valence-electron chi connectivity index (χ4n) is 3.38. The lowest BCUT2D eigenvalue weighted by molar-refractivity contribution is -0.0541. The molecule has 3 aliphatic rings. The molecule has 0 aliphatic carbocycles. The molecular formula is C12H21NO3. The highest BCUT2D eigenvalue weighted by Crippen LogP contribution is 2.38. The number of ether oxygens (including phenoxy) is 2. The normalized spacial score (nSPS) is 42.2. The Morgan fingerprint density at radius 1 is 1.12 bits per heavy atom. The zero-order chi connectivity index (χ0) is 11.0. The van der Waals surface area contributed by atoms with Gasteiger partial charge in [0.2, 0.25) is 0 Å². The van der Waals surface area contributed by atoms with Gasteiger partial charge in [0, 0.05) is 38.8 Å². The van der Waals surface area contributed by atoms with E-state index in [1.54, 1.807) is 0 Å². The number of hydrogen-bond donors (Lipinski definition) is 1. The van der Waals surface area contributed by atoms with Gasteiger partial charge in [-0.3, -0.25) is 4.90 Å². The Morgan fingerprint density at radius 2 is 1.94 bits per heavy atom. The number of hydrogen-bond acceptors (Lipinski definition) is 4. The summed E-state index contributed by atoms with van der Waals surface area (Å²) in [5, 5.41) is 9.54. The largest absolute Gasteiger partial charge is 0.393 e. The van der Waals surface area contributed by atoms with Gasteiger partial charge in [-0.25, -0.2) is 0 Å². The van der Waals surface area contributed by atoms with E-state index in [0.717, 1.165) is 58.6 Å². The molecule has 3 heterocycles.